The average molecular weight is 484 g/mol. The first kappa shape index (κ1) is 24.8. The lowest BCUT2D eigenvalue weighted by atomic mass is 9.99. The second-order valence-electron chi connectivity index (χ2n) is 10.1. The summed E-state index contributed by atoms with van der Waals surface area (Å²) in [5.41, 5.74) is 9.92. The first-order valence-electron chi connectivity index (χ1n) is 13.7. The number of hydrogen-bond donors (Lipinski definition) is 0. The largest absolute Gasteiger partial charge is 0.340 e. The highest BCUT2D eigenvalue weighted by Crippen LogP contribution is 2.36. The maximum Gasteiger partial charge on any atom is 0.0491 e. The van der Waals surface area contributed by atoms with Crippen molar-refractivity contribution in [3.8, 4) is 22.3 Å². The molecule has 5 rings (SSSR count). The third-order valence-corrected chi connectivity index (χ3v) is 7.81. The molecule has 5 aromatic rings. The number of rotatable bonds is 10. The van der Waals surface area contributed by atoms with Crippen LogP contribution in [-0.4, -0.2) is 4.57 Å². The van der Waals surface area contributed by atoms with Crippen molar-refractivity contribution in [1.82, 2.24) is 4.57 Å². The highest BCUT2D eigenvalue weighted by Gasteiger charge is 2.16. The maximum atomic E-state index is 3.90. The first-order valence-corrected chi connectivity index (χ1v) is 13.7. The fourth-order valence-electron chi connectivity index (χ4n) is 5.46. The van der Waals surface area contributed by atoms with Crippen molar-refractivity contribution in [1.29, 1.82) is 0 Å². The van der Waals surface area contributed by atoms with E-state index in [1.54, 1.807) is 0 Å². The van der Waals surface area contributed by atoms with Gasteiger partial charge in [-0.25, -0.2) is 0 Å². The Morgan fingerprint density at radius 3 is 1.51 bits per heavy atom. The molecule has 1 nitrogen and oxygen atoms in total. The van der Waals surface area contributed by atoms with Crippen molar-refractivity contribution in [3.63, 3.8) is 0 Å². The number of aromatic nitrogens is 1. The molecule has 0 amide bonds. The zero-order chi connectivity index (χ0) is 25.8. The average Bonchev–Trinajstić information content (AvgIpc) is 3.27. The summed E-state index contributed by atoms with van der Waals surface area (Å²) < 4.78 is 2.57. The van der Waals surface area contributed by atoms with Gasteiger partial charge in [0, 0.05) is 28.4 Å². The third-order valence-electron chi connectivity index (χ3n) is 7.81. The number of benzene rings is 4. The normalized spacial score (nSPS) is 12.2. The molecule has 0 fully saturated rings. The Morgan fingerprint density at radius 2 is 1.11 bits per heavy atom. The van der Waals surface area contributed by atoms with Gasteiger partial charge in [-0.05, 0) is 70.0 Å². The molecule has 37 heavy (non-hydrogen) atoms. The number of unbranched alkanes of at least 4 members (excludes halogenated alkanes) is 1. The highest BCUT2D eigenvalue weighted by molar-refractivity contribution is 6.10. The Hall–Kier alpha value is -3.84. The van der Waals surface area contributed by atoms with E-state index in [4.69, 9.17) is 0 Å². The molecular formula is C36H37N. The fourth-order valence-corrected chi connectivity index (χ4v) is 5.46. The molecule has 0 aliphatic carbocycles. The summed E-state index contributed by atoms with van der Waals surface area (Å²) >= 11 is 0. The molecule has 0 aliphatic rings. The Balaban J connectivity index is 1.66. The molecule has 0 radical (unpaired) electrons. The van der Waals surface area contributed by atoms with Gasteiger partial charge in [0.1, 0.15) is 0 Å². The maximum absolute atomic E-state index is 3.90. The van der Waals surface area contributed by atoms with E-state index < -0.39 is 0 Å². The molecule has 4 aromatic carbocycles. The van der Waals surface area contributed by atoms with Crippen molar-refractivity contribution in [2.24, 2.45) is 5.92 Å². The molecule has 1 atom stereocenters. The van der Waals surface area contributed by atoms with Crippen molar-refractivity contribution in [2.75, 3.05) is 0 Å². The quantitative estimate of drug-likeness (QED) is 0.186. The smallest absolute Gasteiger partial charge is 0.0491 e. The molecule has 186 valence electrons. The van der Waals surface area contributed by atoms with Gasteiger partial charge < -0.3 is 4.57 Å². The fraction of sp³-hybridized carbons (Fsp3) is 0.222. The van der Waals surface area contributed by atoms with Gasteiger partial charge >= 0.3 is 0 Å². The monoisotopic (exact) mass is 483 g/mol. The molecule has 1 unspecified atom stereocenters. The van der Waals surface area contributed by atoms with Crippen LogP contribution in [0.4, 0.5) is 0 Å². The molecule has 0 spiro atoms. The molecule has 1 aromatic heterocycles. The minimum atomic E-state index is 0.691. The predicted octanol–water partition coefficient (Wildman–Crippen LogP) is 10.6. The van der Waals surface area contributed by atoms with Crippen molar-refractivity contribution in [3.05, 3.63) is 109 Å². The lowest BCUT2D eigenvalue weighted by Gasteiger charge is -2.17. The Bertz CT molecular complexity index is 1420. The summed E-state index contributed by atoms with van der Waals surface area (Å²) in [5, 5.41) is 2.66. The Morgan fingerprint density at radius 1 is 0.649 bits per heavy atom. The molecule has 0 N–H and O–H groups in total. The summed E-state index contributed by atoms with van der Waals surface area (Å²) in [6, 6.07) is 31.3. The van der Waals surface area contributed by atoms with Crippen molar-refractivity contribution < 1.29 is 0 Å². The molecule has 0 bridgehead atoms. The summed E-state index contributed by atoms with van der Waals surface area (Å²) in [4.78, 5) is 0. The van der Waals surface area contributed by atoms with Gasteiger partial charge in [0.05, 0.1) is 0 Å². The van der Waals surface area contributed by atoms with E-state index in [9.17, 15) is 0 Å². The van der Waals surface area contributed by atoms with E-state index in [2.05, 4.69) is 117 Å². The first-order chi connectivity index (χ1) is 18.1. The van der Waals surface area contributed by atoms with Gasteiger partial charge in [0.2, 0.25) is 0 Å². The second kappa shape index (κ2) is 11.0. The lowest BCUT2D eigenvalue weighted by Crippen LogP contribution is -2.10. The van der Waals surface area contributed by atoms with E-state index in [0.717, 1.165) is 17.7 Å². The van der Waals surface area contributed by atoms with E-state index in [1.807, 2.05) is 12.2 Å². The summed E-state index contributed by atoms with van der Waals surface area (Å²) in [6.45, 7) is 13.5. The van der Waals surface area contributed by atoms with Gasteiger partial charge in [-0.1, -0.05) is 119 Å². The van der Waals surface area contributed by atoms with Gasteiger partial charge in [0.25, 0.3) is 0 Å². The van der Waals surface area contributed by atoms with Crippen LogP contribution < -0.4 is 0 Å². The van der Waals surface area contributed by atoms with Crippen LogP contribution in [-0.2, 0) is 6.54 Å². The lowest BCUT2D eigenvalue weighted by molar-refractivity contribution is 0.401. The third kappa shape index (κ3) is 5.04. The number of hydrogen-bond acceptors (Lipinski definition) is 0. The highest BCUT2D eigenvalue weighted by atomic mass is 15.0. The minimum absolute atomic E-state index is 0.691. The zero-order valence-electron chi connectivity index (χ0n) is 22.2. The Labute approximate surface area is 221 Å². The molecule has 1 heteroatoms. The number of nitrogens with zero attached hydrogens (tertiary/aromatic N) is 1. The minimum Gasteiger partial charge on any atom is -0.340 e. The van der Waals surface area contributed by atoms with Gasteiger partial charge in [-0.3, -0.25) is 0 Å². The van der Waals surface area contributed by atoms with E-state index >= 15 is 0 Å². The molecular weight excluding hydrogens is 446 g/mol. The summed E-state index contributed by atoms with van der Waals surface area (Å²) in [6.07, 6.45) is 8.84. The SMILES string of the molecule is C=Cc1ccc(-c2ccc3c(c2)c2cc(-c4ccc(C=C)cc4)ccc2n3CC(CC)CCCC)cc1. The van der Waals surface area contributed by atoms with Gasteiger partial charge in [-0.15, -0.1) is 0 Å². The van der Waals surface area contributed by atoms with Crippen molar-refractivity contribution in [2.45, 2.75) is 46.1 Å². The van der Waals surface area contributed by atoms with Crippen LogP contribution in [0.1, 0.15) is 50.7 Å². The van der Waals surface area contributed by atoms with Crippen molar-refractivity contribution >= 4 is 34.0 Å². The van der Waals surface area contributed by atoms with Crippen LogP contribution in [0.15, 0.2) is 98.1 Å². The van der Waals surface area contributed by atoms with Crippen LogP contribution in [0.25, 0.3) is 56.2 Å². The van der Waals surface area contributed by atoms with Gasteiger partial charge in [0.15, 0.2) is 0 Å². The zero-order valence-corrected chi connectivity index (χ0v) is 22.2. The van der Waals surface area contributed by atoms with Crippen LogP contribution in [0.3, 0.4) is 0 Å². The number of fused-ring (bicyclic) bond motifs is 3. The molecule has 1 heterocycles. The van der Waals surface area contributed by atoms with E-state index in [-0.39, 0.29) is 0 Å². The molecule has 0 saturated heterocycles. The molecule has 0 aliphatic heterocycles. The summed E-state index contributed by atoms with van der Waals surface area (Å²) in [7, 11) is 0. The standard InChI is InChI=1S/C36H37N/c1-5-9-10-28(8-4)25-37-35-21-19-31(29-15-11-26(6-2)12-16-29)23-33(35)34-24-32(20-22-36(34)37)30-17-13-27(7-3)14-18-30/h6-7,11-24,28H,2-3,5,8-10,25H2,1,4H3. The topological polar surface area (TPSA) is 4.93 Å². The molecule has 0 saturated carbocycles. The van der Waals surface area contributed by atoms with E-state index in [0.29, 0.717) is 5.92 Å². The van der Waals surface area contributed by atoms with E-state index in [1.165, 1.54) is 69.7 Å². The van der Waals surface area contributed by atoms with Crippen LogP contribution in [0.2, 0.25) is 0 Å². The van der Waals surface area contributed by atoms with Crippen LogP contribution in [0.5, 0.6) is 0 Å². The second-order valence-corrected chi connectivity index (χ2v) is 10.1. The van der Waals surface area contributed by atoms with Gasteiger partial charge in [-0.2, -0.15) is 0 Å². The predicted molar refractivity (Wildman–Crippen MR) is 164 cm³/mol. The van der Waals surface area contributed by atoms with Crippen LogP contribution >= 0.6 is 0 Å². The Kier molecular flexibility index (Phi) is 7.42. The van der Waals surface area contributed by atoms with Crippen LogP contribution in [0, 0.1) is 5.92 Å². The summed E-state index contributed by atoms with van der Waals surface area (Å²) in [5.74, 6) is 0.691.